The molecule has 0 unspecified atom stereocenters. The molecule has 200 valence electrons. The van der Waals surface area contributed by atoms with Crippen LogP contribution in [0.15, 0.2) is 65.4 Å². The zero-order valence-corrected chi connectivity index (χ0v) is 21.8. The number of carbonyl (C=O) groups is 2. The zero-order valence-electron chi connectivity index (χ0n) is 21.8. The summed E-state index contributed by atoms with van der Waals surface area (Å²) in [7, 11) is 3.23. The monoisotopic (exact) mass is 527 g/mol. The van der Waals surface area contributed by atoms with Crippen LogP contribution in [-0.4, -0.2) is 65.9 Å². The fraction of sp³-hybridized carbons (Fsp3) is 0.310. The van der Waals surface area contributed by atoms with Gasteiger partial charge in [-0.25, -0.2) is 0 Å². The van der Waals surface area contributed by atoms with Crippen LogP contribution < -0.4 is 14.4 Å². The highest BCUT2D eigenvalue weighted by atomic mass is 16.5. The van der Waals surface area contributed by atoms with E-state index in [-0.39, 0.29) is 17.6 Å². The van der Waals surface area contributed by atoms with Crippen molar-refractivity contribution in [2.24, 2.45) is 5.41 Å². The van der Waals surface area contributed by atoms with Crippen molar-refractivity contribution in [3.63, 3.8) is 0 Å². The van der Waals surface area contributed by atoms with Gasteiger partial charge in [-0.05, 0) is 55.7 Å². The number of rotatable bonds is 6. The van der Waals surface area contributed by atoms with Gasteiger partial charge in [0.1, 0.15) is 17.2 Å². The highest BCUT2D eigenvalue weighted by Crippen LogP contribution is 2.44. The summed E-state index contributed by atoms with van der Waals surface area (Å²) in [5.74, 6) is 1.52. The van der Waals surface area contributed by atoms with Crippen LogP contribution in [0.4, 0.5) is 5.69 Å². The van der Waals surface area contributed by atoms with Crippen molar-refractivity contribution < 1.29 is 23.6 Å². The van der Waals surface area contributed by atoms with E-state index < -0.39 is 5.41 Å². The van der Waals surface area contributed by atoms with Crippen molar-refractivity contribution in [2.45, 2.75) is 19.3 Å². The number of hydrogen-bond donors (Lipinski definition) is 1. The summed E-state index contributed by atoms with van der Waals surface area (Å²) in [5, 5.41) is 10.9. The molecule has 0 saturated carbocycles. The van der Waals surface area contributed by atoms with E-state index in [4.69, 9.17) is 14.0 Å². The molecule has 39 heavy (non-hydrogen) atoms. The molecule has 2 amide bonds. The fourth-order valence-electron chi connectivity index (χ4n) is 5.58. The average molecular weight is 528 g/mol. The van der Waals surface area contributed by atoms with E-state index in [2.05, 4.69) is 15.4 Å². The van der Waals surface area contributed by atoms with Crippen molar-refractivity contribution in [1.29, 1.82) is 0 Å². The third-order valence-electron chi connectivity index (χ3n) is 7.93. The zero-order chi connectivity index (χ0) is 27.0. The van der Waals surface area contributed by atoms with Gasteiger partial charge in [0.25, 0.3) is 5.91 Å². The number of H-pyrrole nitrogens is 1. The first-order valence-corrected chi connectivity index (χ1v) is 12.9. The smallest absolute Gasteiger partial charge is 0.292 e. The number of aromatic amines is 1. The number of carbonyl (C=O) groups excluding carboxylic acids is 2. The number of hydrogen-bond acceptors (Lipinski definition) is 7. The van der Waals surface area contributed by atoms with Crippen molar-refractivity contribution >= 4 is 17.5 Å². The van der Waals surface area contributed by atoms with Gasteiger partial charge in [0.05, 0.1) is 25.8 Å². The molecule has 2 aliphatic heterocycles. The maximum atomic E-state index is 13.7. The van der Waals surface area contributed by atoms with Crippen LogP contribution in [0.1, 0.15) is 29.8 Å². The van der Waals surface area contributed by atoms with Crippen LogP contribution in [0.3, 0.4) is 0 Å². The van der Waals surface area contributed by atoms with E-state index in [9.17, 15) is 9.59 Å². The highest BCUT2D eigenvalue weighted by Gasteiger charge is 2.49. The molecule has 4 aromatic rings. The summed E-state index contributed by atoms with van der Waals surface area (Å²) in [4.78, 5) is 30.4. The number of nitrogens with one attached hydrogen (secondary N) is 1. The molecule has 2 aromatic carbocycles. The molecule has 4 heterocycles. The SMILES string of the molecule is COc1ccc(-c2cc(C(=O)N3CCC4(CC3)CCN(c3ccc(-c5cn[nH]c5)c(OC)c3)C4=O)on2)cc1. The van der Waals surface area contributed by atoms with Crippen molar-refractivity contribution in [2.75, 3.05) is 38.8 Å². The summed E-state index contributed by atoms with van der Waals surface area (Å²) >= 11 is 0. The van der Waals surface area contributed by atoms with Gasteiger partial charge in [-0.3, -0.25) is 14.7 Å². The lowest BCUT2D eigenvalue weighted by Gasteiger charge is -2.37. The van der Waals surface area contributed by atoms with E-state index in [0.717, 1.165) is 34.5 Å². The molecule has 0 bridgehead atoms. The van der Waals surface area contributed by atoms with E-state index >= 15 is 0 Å². The van der Waals surface area contributed by atoms with Crippen LogP contribution in [0, 0.1) is 5.41 Å². The second-order valence-electron chi connectivity index (χ2n) is 9.96. The average Bonchev–Trinajstić information content (AvgIpc) is 3.75. The summed E-state index contributed by atoms with van der Waals surface area (Å²) < 4.78 is 16.2. The molecular weight excluding hydrogens is 498 g/mol. The summed E-state index contributed by atoms with van der Waals surface area (Å²) in [6, 6.07) is 14.9. The molecule has 1 N–H and O–H groups in total. The number of ether oxygens (including phenoxy) is 2. The minimum absolute atomic E-state index is 0.106. The first-order valence-electron chi connectivity index (χ1n) is 12.9. The Labute approximate surface area is 225 Å². The van der Waals surface area contributed by atoms with Gasteiger partial charge in [-0.2, -0.15) is 5.10 Å². The Morgan fingerprint density at radius 3 is 2.44 bits per heavy atom. The first-order chi connectivity index (χ1) is 19.0. The van der Waals surface area contributed by atoms with Crippen LogP contribution >= 0.6 is 0 Å². The number of likely N-dealkylation sites (tertiary alicyclic amines) is 1. The van der Waals surface area contributed by atoms with Gasteiger partial charge in [0, 0.05) is 60.3 Å². The summed E-state index contributed by atoms with van der Waals surface area (Å²) in [6.07, 6.45) is 5.52. The van der Waals surface area contributed by atoms with Gasteiger partial charge in [-0.1, -0.05) is 5.16 Å². The largest absolute Gasteiger partial charge is 0.497 e. The quantitative estimate of drug-likeness (QED) is 0.395. The van der Waals surface area contributed by atoms with E-state index in [0.29, 0.717) is 43.9 Å². The first kappa shape index (κ1) is 24.7. The minimum atomic E-state index is -0.469. The summed E-state index contributed by atoms with van der Waals surface area (Å²) in [6.45, 7) is 1.60. The van der Waals surface area contributed by atoms with E-state index in [1.807, 2.05) is 47.4 Å². The van der Waals surface area contributed by atoms with Crippen LogP contribution in [0.5, 0.6) is 11.5 Å². The minimum Gasteiger partial charge on any atom is -0.497 e. The fourth-order valence-corrected chi connectivity index (χ4v) is 5.58. The van der Waals surface area contributed by atoms with Gasteiger partial charge < -0.3 is 23.8 Å². The number of piperidine rings is 1. The van der Waals surface area contributed by atoms with Crippen molar-refractivity contribution in [3.05, 3.63) is 66.7 Å². The Bertz CT molecular complexity index is 1490. The van der Waals surface area contributed by atoms with Crippen LogP contribution in [0.25, 0.3) is 22.4 Å². The molecule has 0 atom stereocenters. The number of methoxy groups -OCH3 is 2. The molecule has 10 heteroatoms. The topological polar surface area (TPSA) is 114 Å². The third kappa shape index (κ3) is 4.41. The molecule has 2 aromatic heterocycles. The molecule has 0 radical (unpaired) electrons. The highest BCUT2D eigenvalue weighted by molar-refractivity contribution is 6.01. The number of nitrogens with zero attached hydrogens (tertiary/aromatic N) is 4. The Kier molecular flexibility index (Phi) is 6.30. The molecule has 2 fully saturated rings. The molecular formula is C29H29N5O5. The van der Waals surface area contributed by atoms with Gasteiger partial charge in [0.15, 0.2) is 0 Å². The van der Waals surface area contributed by atoms with Gasteiger partial charge in [-0.15, -0.1) is 0 Å². The predicted molar refractivity (Wildman–Crippen MR) is 144 cm³/mol. The third-order valence-corrected chi connectivity index (χ3v) is 7.93. The summed E-state index contributed by atoms with van der Waals surface area (Å²) in [5.41, 5.74) is 3.59. The molecule has 2 saturated heterocycles. The Morgan fingerprint density at radius 2 is 1.74 bits per heavy atom. The number of benzene rings is 2. The maximum Gasteiger partial charge on any atom is 0.292 e. The van der Waals surface area contributed by atoms with Crippen LogP contribution in [0.2, 0.25) is 0 Å². The second kappa shape index (κ2) is 9.94. The predicted octanol–water partition coefficient (Wildman–Crippen LogP) is 4.41. The Balaban J connectivity index is 1.12. The van der Waals surface area contributed by atoms with Gasteiger partial charge in [0.2, 0.25) is 11.7 Å². The standard InChI is InChI=1S/C29H29N5O5/c1-37-22-6-3-19(4-7-22)24-16-26(39-32-24)27(35)33-12-9-29(10-13-33)11-14-34(28(29)36)21-5-8-23(25(15-21)38-2)20-17-30-31-18-20/h3-8,15-18H,9-14H2,1-2H3,(H,30,31). The lowest BCUT2D eigenvalue weighted by molar-refractivity contribution is -0.127. The van der Waals surface area contributed by atoms with Crippen molar-refractivity contribution in [3.8, 4) is 33.9 Å². The normalized spacial score (nSPS) is 16.6. The molecule has 6 rings (SSSR count). The lowest BCUT2D eigenvalue weighted by Crippen LogP contribution is -2.46. The van der Waals surface area contributed by atoms with E-state index in [1.165, 1.54) is 0 Å². The Hall–Kier alpha value is -4.60. The molecule has 10 nitrogen and oxygen atoms in total. The second-order valence-corrected chi connectivity index (χ2v) is 9.96. The number of anilines is 1. The lowest BCUT2D eigenvalue weighted by atomic mass is 9.77. The van der Waals surface area contributed by atoms with E-state index in [1.54, 1.807) is 37.6 Å². The molecule has 2 aliphatic rings. The van der Waals surface area contributed by atoms with Gasteiger partial charge >= 0.3 is 0 Å². The van der Waals surface area contributed by atoms with Crippen molar-refractivity contribution in [1.82, 2.24) is 20.3 Å². The molecule has 1 spiro atoms. The Morgan fingerprint density at radius 1 is 0.974 bits per heavy atom. The maximum absolute atomic E-state index is 13.7. The molecule has 0 aliphatic carbocycles. The van der Waals surface area contributed by atoms with Crippen LogP contribution in [-0.2, 0) is 4.79 Å². The number of amides is 2. The number of aromatic nitrogens is 3.